The summed E-state index contributed by atoms with van der Waals surface area (Å²) in [5, 5.41) is 17.9. The van der Waals surface area contributed by atoms with E-state index in [-0.39, 0.29) is 13.2 Å². The summed E-state index contributed by atoms with van der Waals surface area (Å²) in [7, 11) is 0. The van der Waals surface area contributed by atoms with Crippen LogP contribution >= 0.6 is 0 Å². The second-order valence-electron chi connectivity index (χ2n) is 3.22. The molecule has 1 atom stereocenters. The van der Waals surface area contributed by atoms with E-state index in [1.54, 1.807) is 20.8 Å². The van der Waals surface area contributed by atoms with Crippen LogP contribution in [0.3, 0.4) is 0 Å². The SMILES string of the molecule is C[C@H](O)COCC#CC(C)(C)O. The summed E-state index contributed by atoms with van der Waals surface area (Å²) in [6.07, 6.45) is -0.464. The minimum absolute atomic E-state index is 0.245. The fourth-order valence-electron chi connectivity index (χ4n) is 0.533. The standard InChI is InChI=1S/C9H16O3/c1-8(10)7-12-6-4-5-9(2,3)11/h8,10-11H,6-7H2,1-3H3/t8-/m0/s1. The van der Waals surface area contributed by atoms with E-state index in [1.807, 2.05) is 0 Å². The first-order valence-corrected chi connectivity index (χ1v) is 3.90. The van der Waals surface area contributed by atoms with E-state index in [1.165, 1.54) is 0 Å². The normalized spacial score (nSPS) is 13.4. The maximum atomic E-state index is 9.15. The van der Waals surface area contributed by atoms with Crippen molar-refractivity contribution in [1.82, 2.24) is 0 Å². The first-order chi connectivity index (χ1) is 5.42. The second-order valence-corrected chi connectivity index (χ2v) is 3.22. The number of aliphatic hydroxyl groups is 2. The first kappa shape index (κ1) is 11.4. The third-order valence-corrected chi connectivity index (χ3v) is 0.928. The van der Waals surface area contributed by atoms with Gasteiger partial charge in [-0.25, -0.2) is 0 Å². The van der Waals surface area contributed by atoms with Crippen molar-refractivity contribution in [3.8, 4) is 11.8 Å². The fourth-order valence-corrected chi connectivity index (χ4v) is 0.533. The van der Waals surface area contributed by atoms with Gasteiger partial charge in [-0.2, -0.15) is 0 Å². The zero-order valence-corrected chi connectivity index (χ0v) is 7.79. The second kappa shape index (κ2) is 5.15. The molecule has 0 saturated carbocycles. The summed E-state index contributed by atoms with van der Waals surface area (Å²) in [5.41, 5.74) is -0.964. The Morgan fingerprint density at radius 2 is 2.08 bits per heavy atom. The van der Waals surface area contributed by atoms with Crippen LogP contribution < -0.4 is 0 Å². The third kappa shape index (κ3) is 9.44. The average molecular weight is 172 g/mol. The van der Waals surface area contributed by atoms with Gasteiger partial charge in [0.15, 0.2) is 0 Å². The van der Waals surface area contributed by atoms with Gasteiger partial charge in [0.2, 0.25) is 0 Å². The van der Waals surface area contributed by atoms with Crippen molar-refractivity contribution in [2.24, 2.45) is 0 Å². The molecule has 0 saturated heterocycles. The Bertz CT molecular complexity index is 168. The van der Waals surface area contributed by atoms with Gasteiger partial charge in [0.1, 0.15) is 12.2 Å². The minimum atomic E-state index is -0.964. The highest BCUT2D eigenvalue weighted by Crippen LogP contribution is 1.95. The van der Waals surface area contributed by atoms with E-state index in [0.717, 1.165) is 0 Å². The number of hydrogen-bond donors (Lipinski definition) is 2. The van der Waals surface area contributed by atoms with Crippen molar-refractivity contribution in [3.63, 3.8) is 0 Å². The molecular formula is C9H16O3. The molecule has 0 radical (unpaired) electrons. The topological polar surface area (TPSA) is 49.7 Å². The smallest absolute Gasteiger partial charge is 0.120 e. The predicted octanol–water partition coefficient (Wildman–Crippen LogP) is 0.158. The van der Waals surface area contributed by atoms with Crippen molar-refractivity contribution < 1.29 is 14.9 Å². The van der Waals surface area contributed by atoms with Gasteiger partial charge in [0, 0.05) is 0 Å². The molecule has 0 fully saturated rings. The molecule has 70 valence electrons. The summed E-state index contributed by atoms with van der Waals surface area (Å²) in [6.45, 7) is 5.38. The van der Waals surface area contributed by atoms with Gasteiger partial charge in [-0.05, 0) is 20.8 Å². The molecule has 0 unspecified atom stereocenters. The van der Waals surface area contributed by atoms with Crippen molar-refractivity contribution in [2.45, 2.75) is 32.5 Å². The zero-order chi connectivity index (χ0) is 9.61. The lowest BCUT2D eigenvalue weighted by atomic mass is 10.1. The lowest BCUT2D eigenvalue weighted by Gasteiger charge is -2.06. The molecule has 0 heterocycles. The van der Waals surface area contributed by atoms with Crippen LogP contribution in [-0.4, -0.2) is 35.1 Å². The van der Waals surface area contributed by atoms with Crippen LogP contribution in [0.4, 0.5) is 0 Å². The summed E-state index contributed by atoms with van der Waals surface area (Å²) in [4.78, 5) is 0. The Hall–Kier alpha value is -0.560. The maximum absolute atomic E-state index is 9.15. The Labute approximate surface area is 73.4 Å². The van der Waals surface area contributed by atoms with Gasteiger partial charge in [0.25, 0.3) is 0 Å². The minimum Gasteiger partial charge on any atom is -0.391 e. The lowest BCUT2D eigenvalue weighted by Crippen LogP contribution is -2.15. The largest absolute Gasteiger partial charge is 0.391 e. The molecule has 12 heavy (non-hydrogen) atoms. The monoisotopic (exact) mass is 172 g/mol. The molecule has 2 N–H and O–H groups in total. The van der Waals surface area contributed by atoms with Crippen molar-refractivity contribution >= 4 is 0 Å². The van der Waals surface area contributed by atoms with E-state index in [2.05, 4.69) is 11.8 Å². The summed E-state index contributed by atoms with van der Waals surface area (Å²) < 4.78 is 4.96. The van der Waals surface area contributed by atoms with Gasteiger partial charge in [0.05, 0.1) is 12.7 Å². The van der Waals surface area contributed by atoms with Gasteiger partial charge < -0.3 is 14.9 Å². The van der Waals surface area contributed by atoms with Gasteiger partial charge in [-0.1, -0.05) is 11.8 Å². The van der Waals surface area contributed by atoms with E-state index in [4.69, 9.17) is 14.9 Å². The number of hydrogen-bond acceptors (Lipinski definition) is 3. The highest BCUT2D eigenvalue weighted by molar-refractivity contribution is 5.10. The number of ether oxygens (including phenoxy) is 1. The van der Waals surface area contributed by atoms with Gasteiger partial charge in [-0.15, -0.1) is 0 Å². The third-order valence-electron chi connectivity index (χ3n) is 0.928. The van der Waals surface area contributed by atoms with E-state index < -0.39 is 11.7 Å². The molecule has 0 aromatic carbocycles. The van der Waals surface area contributed by atoms with Gasteiger partial charge in [-0.3, -0.25) is 0 Å². The van der Waals surface area contributed by atoms with Crippen LogP contribution in [0.15, 0.2) is 0 Å². The summed E-state index contributed by atoms with van der Waals surface area (Å²) >= 11 is 0. The fraction of sp³-hybridized carbons (Fsp3) is 0.778. The molecule has 3 nitrogen and oxygen atoms in total. The van der Waals surface area contributed by atoms with Crippen LogP contribution in [0.1, 0.15) is 20.8 Å². The van der Waals surface area contributed by atoms with Crippen molar-refractivity contribution in [3.05, 3.63) is 0 Å². The molecule has 0 bridgehead atoms. The average Bonchev–Trinajstić information content (AvgIpc) is 1.83. The van der Waals surface area contributed by atoms with Crippen LogP contribution in [0.2, 0.25) is 0 Å². The Balaban J connectivity index is 3.47. The molecule has 3 heteroatoms. The molecule has 0 aromatic rings. The highest BCUT2D eigenvalue weighted by Gasteiger charge is 2.05. The quantitative estimate of drug-likeness (QED) is 0.471. The molecular weight excluding hydrogens is 156 g/mol. The lowest BCUT2D eigenvalue weighted by molar-refractivity contribution is 0.0618. The number of rotatable bonds is 3. The van der Waals surface area contributed by atoms with E-state index in [0.29, 0.717) is 0 Å². The Morgan fingerprint density at radius 1 is 1.50 bits per heavy atom. The summed E-state index contributed by atoms with van der Waals surface area (Å²) in [6, 6.07) is 0. The molecule has 0 aliphatic heterocycles. The predicted molar refractivity (Wildman–Crippen MR) is 46.6 cm³/mol. The van der Waals surface area contributed by atoms with Crippen LogP contribution in [0, 0.1) is 11.8 Å². The molecule has 0 amide bonds. The van der Waals surface area contributed by atoms with Gasteiger partial charge >= 0.3 is 0 Å². The molecule has 0 spiro atoms. The summed E-state index contributed by atoms with van der Waals surface area (Å²) in [5.74, 6) is 5.24. The molecule has 0 aliphatic rings. The van der Waals surface area contributed by atoms with E-state index >= 15 is 0 Å². The first-order valence-electron chi connectivity index (χ1n) is 3.90. The number of aliphatic hydroxyl groups excluding tert-OH is 1. The zero-order valence-electron chi connectivity index (χ0n) is 7.79. The van der Waals surface area contributed by atoms with Crippen LogP contribution in [-0.2, 0) is 4.74 Å². The molecule has 0 aliphatic carbocycles. The van der Waals surface area contributed by atoms with Crippen LogP contribution in [0.25, 0.3) is 0 Å². The molecule has 0 rings (SSSR count). The van der Waals surface area contributed by atoms with Crippen molar-refractivity contribution in [2.75, 3.05) is 13.2 Å². The maximum Gasteiger partial charge on any atom is 0.120 e. The highest BCUT2D eigenvalue weighted by atomic mass is 16.5. The van der Waals surface area contributed by atoms with E-state index in [9.17, 15) is 0 Å². The van der Waals surface area contributed by atoms with Crippen LogP contribution in [0.5, 0.6) is 0 Å². The Kier molecular flexibility index (Phi) is 4.91. The van der Waals surface area contributed by atoms with Crippen molar-refractivity contribution in [1.29, 1.82) is 0 Å². The Morgan fingerprint density at radius 3 is 2.50 bits per heavy atom. The molecule has 0 aromatic heterocycles.